The molecule has 0 aromatic carbocycles. The van der Waals surface area contributed by atoms with E-state index in [1.54, 1.807) is 0 Å². The summed E-state index contributed by atoms with van der Waals surface area (Å²) in [5, 5.41) is 12.4. The van der Waals surface area contributed by atoms with Crippen molar-refractivity contribution in [2.45, 2.75) is 64.3 Å². The highest BCUT2D eigenvalue weighted by molar-refractivity contribution is 5.77. The average Bonchev–Trinajstić information content (AvgIpc) is 2.63. The van der Waals surface area contributed by atoms with E-state index in [2.05, 4.69) is 5.32 Å². The molecule has 0 radical (unpaired) electrons. The quantitative estimate of drug-likeness (QED) is 0.766. The summed E-state index contributed by atoms with van der Waals surface area (Å²) in [6, 6.07) is -0.296. The number of carboxylic acids is 1. The summed E-state index contributed by atoms with van der Waals surface area (Å²) in [6.07, 6.45) is 8.17. The first-order chi connectivity index (χ1) is 10.1. The third-order valence-electron chi connectivity index (χ3n) is 5.01. The molecule has 0 aliphatic heterocycles. The van der Waals surface area contributed by atoms with Crippen molar-refractivity contribution in [3.63, 3.8) is 0 Å². The zero-order valence-corrected chi connectivity index (χ0v) is 13.0. The molecule has 2 aliphatic rings. The number of hydrogen-bond donors (Lipinski definition) is 2. The van der Waals surface area contributed by atoms with Crippen molar-refractivity contribution >= 4 is 12.0 Å². The van der Waals surface area contributed by atoms with Crippen molar-refractivity contribution in [3.05, 3.63) is 0 Å². The van der Waals surface area contributed by atoms with Gasteiger partial charge in [-0.3, -0.25) is 4.79 Å². The predicted molar refractivity (Wildman–Crippen MR) is 81.1 cm³/mol. The molecular weight excluding hydrogens is 268 g/mol. The lowest BCUT2D eigenvalue weighted by atomic mass is 9.85. The molecule has 2 saturated carbocycles. The highest BCUT2D eigenvalue weighted by Gasteiger charge is 2.32. The summed E-state index contributed by atoms with van der Waals surface area (Å²) in [5.41, 5.74) is 0. The van der Waals surface area contributed by atoms with E-state index in [9.17, 15) is 14.7 Å². The Bertz CT molecular complexity index is 369. The molecule has 0 aromatic rings. The number of urea groups is 1. The number of nitrogens with one attached hydrogen (secondary N) is 1. The fourth-order valence-corrected chi connectivity index (χ4v) is 3.37. The number of rotatable bonds is 5. The second kappa shape index (κ2) is 7.66. The highest BCUT2D eigenvalue weighted by atomic mass is 16.4. The van der Waals surface area contributed by atoms with Gasteiger partial charge >= 0.3 is 12.0 Å². The first-order valence-electron chi connectivity index (χ1n) is 8.40. The van der Waals surface area contributed by atoms with Gasteiger partial charge in [0.25, 0.3) is 0 Å². The molecule has 5 nitrogen and oxygen atoms in total. The molecule has 21 heavy (non-hydrogen) atoms. The van der Waals surface area contributed by atoms with Crippen LogP contribution in [0.1, 0.15) is 58.3 Å². The van der Waals surface area contributed by atoms with Crippen molar-refractivity contribution < 1.29 is 14.7 Å². The maximum Gasteiger partial charge on any atom is 0.317 e. The van der Waals surface area contributed by atoms with Crippen molar-refractivity contribution in [2.75, 3.05) is 13.1 Å². The molecule has 2 amide bonds. The second-order valence-corrected chi connectivity index (χ2v) is 6.47. The Hall–Kier alpha value is -1.26. The topological polar surface area (TPSA) is 69.6 Å². The zero-order valence-electron chi connectivity index (χ0n) is 13.0. The van der Waals surface area contributed by atoms with E-state index in [-0.39, 0.29) is 12.1 Å². The molecule has 2 atom stereocenters. The van der Waals surface area contributed by atoms with Gasteiger partial charge in [-0.25, -0.2) is 4.79 Å². The standard InChI is InChI=1S/C16H28N2O3/c1-2-18(11-12-7-6-8-12)16(21)17-14-10-5-3-4-9-13(14)15(19)20/h12-14H,2-11H2,1H3,(H,17,21)(H,19,20). The molecule has 2 unspecified atom stereocenters. The fourth-order valence-electron chi connectivity index (χ4n) is 3.37. The summed E-state index contributed by atoms with van der Waals surface area (Å²) in [6.45, 7) is 3.49. The normalized spacial score (nSPS) is 26.5. The predicted octanol–water partition coefficient (Wildman–Crippen LogP) is 2.85. The van der Waals surface area contributed by atoms with Gasteiger partial charge in [0.15, 0.2) is 0 Å². The van der Waals surface area contributed by atoms with Crippen LogP contribution in [-0.4, -0.2) is 41.1 Å². The van der Waals surface area contributed by atoms with E-state index < -0.39 is 11.9 Å². The molecule has 120 valence electrons. The zero-order chi connectivity index (χ0) is 15.2. The number of hydrogen-bond acceptors (Lipinski definition) is 2. The SMILES string of the molecule is CCN(CC1CCC1)C(=O)NC1CCCCCC1C(=O)O. The van der Waals surface area contributed by atoms with Crippen molar-refractivity contribution in [1.29, 1.82) is 0 Å². The van der Waals surface area contributed by atoms with Gasteiger partial charge in [0.1, 0.15) is 0 Å². The van der Waals surface area contributed by atoms with Crippen LogP contribution in [0.4, 0.5) is 4.79 Å². The van der Waals surface area contributed by atoms with Crippen LogP contribution in [0.5, 0.6) is 0 Å². The van der Waals surface area contributed by atoms with Crippen LogP contribution >= 0.6 is 0 Å². The van der Waals surface area contributed by atoms with Crippen LogP contribution in [0.2, 0.25) is 0 Å². The molecule has 0 heterocycles. The van der Waals surface area contributed by atoms with Crippen LogP contribution in [-0.2, 0) is 4.79 Å². The van der Waals surface area contributed by atoms with Crippen LogP contribution in [0, 0.1) is 11.8 Å². The lowest BCUT2D eigenvalue weighted by Gasteiger charge is -2.33. The third kappa shape index (κ3) is 4.35. The van der Waals surface area contributed by atoms with Gasteiger partial charge in [0.05, 0.1) is 5.92 Å². The minimum Gasteiger partial charge on any atom is -0.481 e. The average molecular weight is 296 g/mol. The molecule has 2 fully saturated rings. The monoisotopic (exact) mass is 296 g/mol. The molecule has 0 saturated heterocycles. The van der Waals surface area contributed by atoms with E-state index in [0.29, 0.717) is 18.9 Å². The van der Waals surface area contributed by atoms with Crippen molar-refractivity contribution in [3.8, 4) is 0 Å². The van der Waals surface area contributed by atoms with Crippen LogP contribution in [0.25, 0.3) is 0 Å². The van der Waals surface area contributed by atoms with E-state index in [1.165, 1.54) is 19.3 Å². The molecule has 0 spiro atoms. The Morgan fingerprint density at radius 3 is 2.38 bits per heavy atom. The Kier molecular flexibility index (Phi) is 5.88. The van der Waals surface area contributed by atoms with Crippen LogP contribution in [0.15, 0.2) is 0 Å². The molecule has 0 bridgehead atoms. The molecule has 2 aliphatic carbocycles. The highest BCUT2D eigenvalue weighted by Crippen LogP contribution is 2.27. The number of carbonyl (C=O) groups is 2. The molecule has 2 rings (SSSR count). The van der Waals surface area contributed by atoms with Gasteiger partial charge < -0.3 is 15.3 Å². The summed E-state index contributed by atoms with van der Waals surface area (Å²) in [5.74, 6) is -0.566. The molecule has 5 heteroatoms. The third-order valence-corrected chi connectivity index (χ3v) is 5.01. The molecular formula is C16H28N2O3. The minimum atomic E-state index is -0.774. The Morgan fingerprint density at radius 1 is 1.10 bits per heavy atom. The van der Waals surface area contributed by atoms with Crippen LogP contribution in [0.3, 0.4) is 0 Å². The fraction of sp³-hybridized carbons (Fsp3) is 0.875. The molecule has 2 N–H and O–H groups in total. The van der Waals surface area contributed by atoms with Crippen molar-refractivity contribution in [1.82, 2.24) is 10.2 Å². The lowest BCUT2D eigenvalue weighted by molar-refractivity contribution is -0.142. The van der Waals surface area contributed by atoms with Crippen LogP contribution < -0.4 is 5.32 Å². The number of nitrogens with zero attached hydrogens (tertiary/aromatic N) is 1. The summed E-state index contributed by atoms with van der Waals surface area (Å²) < 4.78 is 0. The Morgan fingerprint density at radius 2 is 1.81 bits per heavy atom. The van der Waals surface area contributed by atoms with Gasteiger partial charge in [-0.15, -0.1) is 0 Å². The Labute approximate surface area is 127 Å². The maximum absolute atomic E-state index is 12.4. The first-order valence-corrected chi connectivity index (χ1v) is 8.40. The largest absolute Gasteiger partial charge is 0.481 e. The van der Waals surface area contributed by atoms with E-state index in [1.807, 2.05) is 11.8 Å². The summed E-state index contributed by atoms with van der Waals surface area (Å²) in [7, 11) is 0. The number of carboxylic acid groups (broad SMARTS) is 1. The van der Waals surface area contributed by atoms with Gasteiger partial charge in [-0.2, -0.15) is 0 Å². The van der Waals surface area contributed by atoms with E-state index >= 15 is 0 Å². The van der Waals surface area contributed by atoms with Crippen molar-refractivity contribution in [2.24, 2.45) is 11.8 Å². The molecule has 0 aromatic heterocycles. The Balaban J connectivity index is 1.92. The van der Waals surface area contributed by atoms with E-state index in [4.69, 9.17) is 0 Å². The first kappa shape index (κ1) is 16.1. The number of amides is 2. The summed E-state index contributed by atoms with van der Waals surface area (Å²) >= 11 is 0. The van der Waals surface area contributed by atoms with Gasteiger partial charge in [0, 0.05) is 19.1 Å². The van der Waals surface area contributed by atoms with Gasteiger partial charge in [0.2, 0.25) is 0 Å². The maximum atomic E-state index is 12.4. The van der Waals surface area contributed by atoms with Gasteiger partial charge in [-0.1, -0.05) is 25.7 Å². The number of carbonyl (C=O) groups excluding carboxylic acids is 1. The van der Waals surface area contributed by atoms with Gasteiger partial charge in [-0.05, 0) is 38.5 Å². The lowest BCUT2D eigenvalue weighted by Crippen LogP contribution is -2.50. The smallest absolute Gasteiger partial charge is 0.317 e. The number of aliphatic carboxylic acids is 1. The minimum absolute atomic E-state index is 0.0810. The second-order valence-electron chi connectivity index (χ2n) is 6.47. The summed E-state index contributed by atoms with van der Waals surface area (Å²) in [4.78, 5) is 25.7. The van der Waals surface area contributed by atoms with E-state index in [0.717, 1.165) is 32.2 Å².